The number of hydrogen-bond acceptors (Lipinski definition) is 3. The molecule has 1 N–H and O–H groups in total. The Labute approximate surface area is 99.2 Å². The van der Waals surface area contributed by atoms with Crippen LogP contribution in [0.15, 0.2) is 12.1 Å². The fourth-order valence-corrected chi connectivity index (χ4v) is 2.22. The summed E-state index contributed by atoms with van der Waals surface area (Å²) in [7, 11) is 1.17. The van der Waals surface area contributed by atoms with Gasteiger partial charge in [-0.3, -0.25) is 0 Å². The van der Waals surface area contributed by atoms with Gasteiger partial charge in [-0.2, -0.15) is 0 Å². The van der Waals surface area contributed by atoms with Gasteiger partial charge in [-0.25, -0.2) is 9.18 Å². The molecule has 4 heteroatoms. The topological polar surface area (TPSA) is 46.5 Å². The first-order valence-electron chi connectivity index (χ1n) is 5.70. The highest BCUT2D eigenvalue weighted by atomic mass is 19.1. The second-order valence-corrected chi connectivity index (χ2v) is 4.28. The number of methoxy groups -OCH3 is 1. The van der Waals surface area contributed by atoms with Crippen molar-refractivity contribution in [2.45, 2.75) is 31.8 Å². The minimum absolute atomic E-state index is 0.0116. The number of aryl methyl sites for hydroxylation is 2. The molecule has 92 valence electrons. The van der Waals surface area contributed by atoms with Crippen LogP contribution in [0.2, 0.25) is 0 Å². The van der Waals surface area contributed by atoms with Gasteiger partial charge in [0.05, 0.1) is 7.11 Å². The molecule has 0 saturated heterocycles. The summed E-state index contributed by atoms with van der Waals surface area (Å²) in [6, 6.07) is 3.02. The summed E-state index contributed by atoms with van der Waals surface area (Å²) in [4.78, 5) is 11.2. The summed E-state index contributed by atoms with van der Waals surface area (Å²) < 4.78 is 18.2. The smallest absolute Gasteiger partial charge is 0.339 e. The number of benzene rings is 1. The molecular weight excluding hydrogens is 223 g/mol. The summed E-state index contributed by atoms with van der Waals surface area (Å²) in [5.41, 5.74) is 2.02. The maximum absolute atomic E-state index is 13.8. The minimum Gasteiger partial charge on any atom is -0.467 e. The number of halogens is 1. The van der Waals surface area contributed by atoms with Gasteiger partial charge in [0.2, 0.25) is 0 Å². The van der Waals surface area contributed by atoms with Gasteiger partial charge in [-0.15, -0.1) is 0 Å². The Morgan fingerprint density at radius 1 is 1.35 bits per heavy atom. The minimum atomic E-state index is -1.53. The number of hydrogen-bond donors (Lipinski definition) is 1. The molecule has 0 fully saturated rings. The molecule has 1 unspecified atom stereocenters. The first kappa shape index (κ1) is 12.0. The molecule has 1 aromatic rings. The molecule has 0 aliphatic heterocycles. The zero-order chi connectivity index (χ0) is 12.4. The van der Waals surface area contributed by atoms with Gasteiger partial charge >= 0.3 is 5.97 Å². The largest absolute Gasteiger partial charge is 0.467 e. The summed E-state index contributed by atoms with van der Waals surface area (Å²) in [6.45, 7) is 0. The molecule has 3 nitrogen and oxygen atoms in total. The molecule has 0 heterocycles. The highest BCUT2D eigenvalue weighted by molar-refractivity contribution is 5.76. The highest BCUT2D eigenvalue weighted by Gasteiger charge is 2.23. The average Bonchev–Trinajstić information content (AvgIpc) is 2.36. The van der Waals surface area contributed by atoms with Gasteiger partial charge in [-0.05, 0) is 48.9 Å². The van der Waals surface area contributed by atoms with Crippen LogP contribution in [-0.2, 0) is 22.4 Å². The molecule has 0 aromatic heterocycles. The normalized spacial score (nSPS) is 16.2. The van der Waals surface area contributed by atoms with Crippen molar-refractivity contribution < 1.29 is 19.0 Å². The van der Waals surface area contributed by atoms with E-state index in [-0.39, 0.29) is 5.56 Å². The van der Waals surface area contributed by atoms with Crippen LogP contribution >= 0.6 is 0 Å². The third kappa shape index (κ3) is 2.31. The van der Waals surface area contributed by atoms with E-state index < -0.39 is 17.9 Å². The van der Waals surface area contributed by atoms with E-state index in [1.807, 2.05) is 0 Å². The van der Waals surface area contributed by atoms with E-state index in [0.717, 1.165) is 36.8 Å². The third-order valence-corrected chi connectivity index (χ3v) is 3.18. The van der Waals surface area contributed by atoms with Crippen molar-refractivity contribution in [3.05, 3.63) is 34.6 Å². The van der Waals surface area contributed by atoms with Crippen molar-refractivity contribution in [1.82, 2.24) is 0 Å². The lowest BCUT2D eigenvalue weighted by molar-refractivity contribution is -0.150. The van der Waals surface area contributed by atoms with E-state index in [4.69, 9.17) is 0 Å². The number of carbonyl (C=O) groups excluding carboxylic acids is 1. The van der Waals surface area contributed by atoms with Crippen LogP contribution in [0, 0.1) is 5.82 Å². The fraction of sp³-hybridized carbons (Fsp3) is 0.462. The maximum atomic E-state index is 13.8. The number of carbonyl (C=O) groups is 1. The zero-order valence-corrected chi connectivity index (χ0v) is 9.70. The van der Waals surface area contributed by atoms with Gasteiger partial charge in [0.25, 0.3) is 0 Å². The Balaban J connectivity index is 2.37. The van der Waals surface area contributed by atoms with Gasteiger partial charge in [0.1, 0.15) is 5.82 Å². The number of ether oxygens (including phenoxy) is 1. The summed E-state index contributed by atoms with van der Waals surface area (Å²) in [5, 5.41) is 9.66. The van der Waals surface area contributed by atoms with E-state index >= 15 is 0 Å². The molecule has 0 spiro atoms. The van der Waals surface area contributed by atoms with E-state index in [1.54, 1.807) is 6.07 Å². The summed E-state index contributed by atoms with van der Waals surface area (Å²) in [5.74, 6) is -1.37. The van der Waals surface area contributed by atoms with Crippen LogP contribution in [0.5, 0.6) is 0 Å². The highest BCUT2D eigenvalue weighted by Crippen LogP contribution is 2.27. The lowest BCUT2D eigenvalue weighted by Crippen LogP contribution is -2.16. The molecule has 0 radical (unpaired) electrons. The van der Waals surface area contributed by atoms with Crippen LogP contribution in [0.3, 0.4) is 0 Å². The molecule has 1 atom stereocenters. The Morgan fingerprint density at radius 3 is 2.53 bits per heavy atom. The molecule has 17 heavy (non-hydrogen) atoms. The summed E-state index contributed by atoms with van der Waals surface area (Å²) >= 11 is 0. The second kappa shape index (κ2) is 4.84. The molecule has 0 saturated carbocycles. The van der Waals surface area contributed by atoms with Crippen LogP contribution in [-0.4, -0.2) is 18.2 Å². The second-order valence-electron chi connectivity index (χ2n) is 4.28. The van der Waals surface area contributed by atoms with Crippen molar-refractivity contribution in [3.63, 3.8) is 0 Å². The zero-order valence-electron chi connectivity index (χ0n) is 9.70. The van der Waals surface area contributed by atoms with E-state index in [9.17, 15) is 14.3 Å². The Kier molecular flexibility index (Phi) is 3.43. The number of fused-ring (bicyclic) bond motifs is 1. The Hall–Kier alpha value is -1.42. The van der Waals surface area contributed by atoms with E-state index in [2.05, 4.69) is 4.74 Å². The number of aliphatic hydroxyl groups excluding tert-OH is 1. The van der Waals surface area contributed by atoms with Crippen LogP contribution in [0.25, 0.3) is 0 Å². The van der Waals surface area contributed by atoms with Crippen molar-refractivity contribution in [3.8, 4) is 0 Å². The molecular formula is C13H15FO3. The van der Waals surface area contributed by atoms with Gasteiger partial charge in [-0.1, -0.05) is 0 Å². The van der Waals surface area contributed by atoms with Crippen molar-refractivity contribution in [2.24, 2.45) is 0 Å². The molecule has 1 aliphatic rings. The quantitative estimate of drug-likeness (QED) is 0.800. The maximum Gasteiger partial charge on any atom is 0.339 e. The summed E-state index contributed by atoms with van der Waals surface area (Å²) in [6.07, 6.45) is 2.32. The molecule has 1 aliphatic carbocycles. The van der Waals surface area contributed by atoms with Crippen molar-refractivity contribution in [2.75, 3.05) is 7.11 Å². The molecule has 1 aromatic carbocycles. The lowest BCUT2D eigenvalue weighted by Gasteiger charge is -2.18. The van der Waals surface area contributed by atoms with Crippen molar-refractivity contribution in [1.29, 1.82) is 0 Å². The number of aliphatic hydroxyl groups is 1. The lowest BCUT2D eigenvalue weighted by atomic mass is 9.89. The number of rotatable bonds is 2. The van der Waals surface area contributed by atoms with Crippen LogP contribution in [0.4, 0.5) is 4.39 Å². The van der Waals surface area contributed by atoms with Gasteiger partial charge < -0.3 is 9.84 Å². The third-order valence-electron chi connectivity index (χ3n) is 3.18. The first-order chi connectivity index (χ1) is 8.13. The first-order valence-corrected chi connectivity index (χ1v) is 5.70. The number of esters is 1. The Morgan fingerprint density at radius 2 is 1.94 bits per heavy atom. The van der Waals surface area contributed by atoms with Gasteiger partial charge in [0.15, 0.2) is 6.10 Å². The monoisotopic (exact) mass is 238 g/mol. The SMILES string of the molecule is COC(=O)C(O)c1cc2c(cc1F)CCCC2. The fourth-order valence-electron chi connectivity index (χ4n) is 2.22. The predicted molar refractivity (Wildman–Crippen MR) is 60.0 cm³/mol. The molecule has 0 bridgehead atoms. The van der Waals surface area contributed by atoms with Crippen LogP contribution in [0.1, 0.15) is 35.6 Å². The van der Waals surface area contributed by atoms with Crippen molar-refractivity contribution >= 4 is 5.97 Å². The van der Waals surface area contributed by atoms with Crippen LogP contribution < -0.4 is 0 Å². The Bertz CT molecular complexity index is 443. The van der Waals surface area contributed by atoms with Gasteiger partial charge in [0, 0.05) is 5.56 Å². The van der Waals surface area contributed by atoms with E-state index in [1.165, 1.54) is 13.2 Å². The predicted octanol–water partition coefficient (Wildman–Crippen LogP) is 1.91. The standard InChI is InChI=1S/C13H15FO3/c1-17-13(16)12(15)10-6-8-4-2-3-5-9(8)7-11(10)14/h6-7,12,15H,2-5H2,1H3. The molecule has 0 amide bonds. The van der Waals surface area contributed by atoms with E-state index in [0.29, 0.717) is 0 Å². The molecule has 2 rings (SSSR count). The average molecular weight is 238 g/mol.